The van der Waals surface area contributed by atoms with Crippen LogP contribution in [0.15, 0.2) is 24.3 Å². The Kier molecular flexibility index (Phi) is 4.61. The third-order valence-electron chi connectivity index (χ3n) is 6.00. The summed E-state index contributed by atoms with van der Waals surface area (Å²) >= 11 is 0. The molecule has 2 aliphatic heterocycles. The number of carbonyl (C=O) groups excluding carboxylic acids is 2. The summed E-state index contributed by atoms with van der Waals surface area (Å²) in [5.74, 6) is -0.374. The number of nitrogens with zero attached hydrogens (tertiary/aromatic N) is 2. The number of imide groups is 1. The van der Waals surface area contributed by atoms with Crippen LogP contribution in [0.2, 0.25) is 0 Å². The van der Waals surface area contributed by atoms with Gasteiger partial charge < -0.3 is 5.11 Å². The first-order chi connectivity index (χ1) is 12.1. The van der Waals surface area contributed by atoms with Gasteiger partial charge in [-0.15, -0.1) is 0 Å². The Labute approximate surface area is 148 Å². The second-order valence-corrected chi connectivity index (χ2v) is 7.69. The van der Waals surface area contributed by atoms with E-state index in [9.17, 15) is 14.7 Å². The molecule has 3 aliphatic rings. The Balaban J connectivity index is 1.36. The van der Waals surface area contributed by atoms with Crippen molar-refractivity contribution in [1.82, 2.24) is 9.80 Å². The Morgan fingerprint density at radius 2 is 1.64 bits per heavy atom. The SMILES string of the molecule is O=C1C2CCCCC2C(=O)N1CC(O)CN1CCc2ccccc2C1. The minimum atomic E-state index is -0.682. The van der Waals surface area contributed by atoms with E-state index in [1.807, 2.05) is 6.07 Å². The zero-order chi connectivity index (χ0) is 17.4. The van der Waals surface area contributed by atoms with Gasteiger partial charge in [0.05, 0.1) is 24.5 Å². The molecule has 3 unspecified atom stereocenters. The summed E-state index contributed by atoms with van der Waals surface area (Å²) in [5, 5.41) is 10.5. The van der Waals surface area contributed by atoms with Gasteiger partial charge >= 0.3 is 0 Å². The van der Waals surface area contributed by atoms with Gasteiger partial charge in [0.15, 0.2) is 0 Å². The number of hydrogen-bond acceptors (Lipinski definition) is 4. The molecule has 1 aliphatic carbocycles. The molecule has 2 fully saturated rings. The Hall–Kier alpha value is -1.72. The first-order valence-electron chi connectivity index (χ1n) is 9.46. The largest absolute Gasteiger partial charge is 0.390 e. The van der Waals surface area contributed by atoms with Crippen molar-refractivity contribution in [3.8, 4) is 0 Å². The Bertz CT molecular complexity index is 651. The van der Waals surface area contributed by atoms with Crippen molar-refractivity contribution in [3.63, 3.8) is 0 Å². The molecule has 1 aromatic carbocycles. The molecule has 0 spiro atoms. The topological polar surface area (TPSA) is 60.9 Å². The average Bonchev–Trinajstić information content (AvgIpc) is 2.87. The van der Waals surface area contributed by atoms with Crippen LogP contribution in [0.3, 0.4) is 0 Å². The van der Waals surface area contributed by atoms with Crippen LogP contribution in [-0.4, -0.2) is 52.5 Å². The first kappa shape index (κ1) is 16.7. The third kappa shape index (κ3) is 3.23. The molecular weight excluding hydrogens is 316 g/mol. The van der Waals surface area contributed by atoms with Crippen molar-refractivity contribution in [3.05, 3.63) is 35.4 Å². The lowest BCUT2D eigenvalue weighted by atomic mass is 9.81. The molecule has 0 bridgehead atoms. The Morgan fingerprint density at radius 3 is 2.32 bits per heavy atom. The van der Waals surface area contributed by atoms with E-state index in [1.54, 1.807) is 0 Å². The highest BCUT2D eigenvalue weighted by atomic mass is 16.3. The average molecular weight is 342 g/mol. The summed E-state index contributed by atoms with van der Waals surface area (Å²) in [7, 11) is 0. The summed E-state index contributed by atoms with van der Waals surface area (Å²) in [6.45, 7) is 2.37. The summed E-state index contributed by atoms with van der Waals surface area (Å²) in [6, 6.07) is 8.40. The van der Waals surface area contributed by atoms with Gasteiger partial charge in [0.1, 0.15) is 0 Å². The number of fused-ring (bicyclic) bond motifs is 2. The highest BCUT2D eigenvalue weighted by Crippen LogP contribution is 2.38. The maximum atomic E-state index is 12.5. The predicted molar refractivity (Wildman–Crippen MR) is 93.6 cm³/mol. The number of amides is 2. The van der Waals surface area contributed by atoms with Crippen LogP contribution in [0.25, 0.3) is 0 Å². The monoisotopic (exact) mass is 342 g/mol. The summed E-state index contributed by atoms with van der Waals surface area (Å²) in [4.78, 5) is 28.6. The molecule has 25 heavy (non-hydrogen) atoms. The second-order valence-electron chi connectivity index (χ2n) is 7.69. The molecule has 1 saturated carbocycles. The van der Waals surface area contributed by atoms with Gasteiger partial charge in [0, 0.05) is 19.6 Å². The minimum Gasteiger partial charge on any atom is -0.390 e. The number of benzene rings is 1. The molecule has 1 aromatic rings. The van der Waals surface area contributed by atoms with Gasteiger partial charge in [0.25, 0.3) is 0 Å². The summed E-state index contributed by atoms with van der Waals surface area (Å²) < 4.78 is 0. The van der Waals surface area contributed by atoms with E-state index in [2.05, 4.69) is 23.1 Å². The normalized spacial score (nSPS) is 28.0. The number of hydrogen-bond donors (Lipinski definition) is 1. The standard InChI is InChI=1S/C20H26N2O3/c23-16(12-21-10-9-14-5-1-2-6-15(14)11-21)13-22-19(24)17-7-3-4-8-18(17)20(22)25/h1-2,5-6,16-18,23H,3-4,7-13H2. The van der Waals surface area contributed by atoms with E-state index >= 15 is 0 Å². The first-order valence-corrected chi connectivity index (χ1v) is 9.46. The molecule has 1 N–H and O–H groups in total. The van der Waals surface area contributed by atoms with Crippen LogP contribution in [0.5, 0.6) is 0 Å². The highest BCUT2D eigenvalue weighted by molar-refractivity contribution is 6.05. The van der Waals surface area contributed by atoms with Crippen LogP contribution < -0.4 is 0 Å². The van der Waals surface area contributed by atoms with E-state index in [4.69, 9.17) is 0 Å². The molecule has 0 radical (unpaired) electrons. The number of β-amino-alcohol motifs (C(OH)–C–C–N with tert-alkyl or cyclic N) is 1. The lowest BCUT2D eigenvalue weighted by molar-refractivity contribution is -0.141. The van der Waals surface area contributed by atoms with Gasteiger partial charge in [-0.25, -0.2) is 0 Å². The van der Waals surface area contributed by atoms with Crippen LogP contribution in [-0.2, 0) is 22.6 Å². The number of likely N-dealkylation sites (tertiary alicyclic amines) is 1. The molecule has 2 heterocycles. The van der Waals surface area contributed by atoms with Crippen molar-refractivity contribution in [2.45, 2.75) is 44.8 Å². The van der Waals surface area contributed by atoms with Crippen molar-refractivity contribution < 1.29 is 14.7 Å². The zero-order valence-corrected chi connectivity index (χ0v) is 14.6. The van der Waals surface area contributed by atoms with E-state index < -0.39 is 6.10 Å². The fourth-order valence-corrected chi connectivity index (χ4v) is 4.69. The van der Waals surface area contributed by atoms with Gasteiger partial charge in [-0.05, 0) is 30.4 Å². The minimum absolute atomic E-state index is 0.0576. The molecule has 134 valence electrons. The lowest BCUT2D eigenvalue weighted by Crippen LogP contribution is -2.44. The van der Waals surface area contributed by atoms with E-state index in [0.717, 1.165) is 45.2 Å². The van der Waals surface area contributed by atoms with Crippen LogP contribution in [0, 0.1) is 11.8 Å². The lowest BCUT2D eigenvalue weighted by Gasteiger charge is -2.31. The molecule has 3 atom stereocenters. The van der Waals surface area contributed by atoms with Gasteiger partial charge in [-0.1, -0.05) is 37.1 Å². The molecular formula is C20H26N2O3. The van der Waals surface area contributed by atoms with E-state index in [1.165, 1.54) is 16.0 Å². The number of aliphatic hydroxyl groups is 1. The molecule has 2 amide bonds. The molecule has 5 nitrogen and oxygen atoms in total. The quantitative estimate of drug-likeness (QED) is 0.844. The summed E-state index contributed by atoms with van der Waals surface area (Å²) in [5.41, 5.74) is 2.68. The predicted octanol–water partition coefficient (Wildman–Crippen LogP) is 1.58. The van der Waals surface area contributed by atoms with E-state index in [-0.39, 0.29) is 30.2 Å². The molecule has 0 aromatic heterocycles. The molecule has 4 rings (SSSR count). The smallest absolute Gasteiger partial charge is 0.233 e. The highest BCUT2D eigenvalue weighted by Gasteiger charge is 2.48. The number of aliphatic hydroxyl groups excluding tert-OH is 1. The van der Waals surface area contributed by atoms with Crippen molar-refractivity contribution >= 4 is 11.8 Å². The fourth-order valence-electron chi connectivity index (χ4n) is 4.69. The maximum Gasteiger partial charge on any atom is 0.233 e. The summed E-state index contributed by atoms with van der Waals surface area (Å²) in [6.07, 6.45) is 4.01. The number of rotatable bonds is 4. The van der Waals surface area contributed by atoms with Crippen LogP contribution >= 0.6 is 0 Å². The van der Waals surface area contributed by atoms with E-state index in [0.29, 0.717) is 6.54 Å². The van der Waals surface area contributed by atoms with Crippen molar-refractivity contribution in [2.24, 2.45) is 11.8 Å². The maximum absolute atomic E-state index is 12.5. The second kappa shape index (κ2) is 6.89. The zero-order valence-electron chi connectivity index (χ0n) is 14.6. The van der Waals surface area contributed by atoms with Gasteiger partial charge in [-0.3, -0.25) is 19.4 Å². The Morgan fingerprint density at radius 1 is 1.00 bits per heavy atom. The van der Waals surface area contributed by atoms with Crippen molar-refractivity contribution in [1.29, 1.82) is 0 Å². The van der Waals surface area contributed by atoms with Crippen molar-refractivity contribution in [2.75, 3.05) is 19.6 Å². The third-order valence-corrected chi connectivity index (χ3v) is 6.00. The number of carbonyl (C=O) groups is 2. The van der Waals surface area contributed by atoms with Gasteiger partial charge in [0.2, 0.25) is 11.8 Å². The van der Waals surface area contributed by atoms with Gasteiger partial charge in [-0.2, -0.15) is 0 Å². The van der Waals surface area contributed by atoms with Crippen LogP contribution in [0.1, 0.15) is 36.8 Å². The fraction of sp³-hybridized carbons (Fsp3) is 0.600. The van der Waals surface area contributed by atoms with Crippen LogP contribution in [0.4, 0.5) is 0 Å². The molecule has 1 saturated heterocycles. The molecule has 5 heteroatoms.